The Morgan fingerprint density at radius 1 is 1.62 bits per heavy atom. The van der Waals surface area contributed by atoms with Gasteiger partial charge in [0.25, 0.3) is 0 Å². The Hall–Kier alpha value is 0.556. The van der Waals surface area contributed by atoms with Gasteiger partial charge in [-0.05, 0) is 0 Å². The van der Waals surface area contributed by atoms with Gasteiger partial charge >= 0.3 is 26.6 Å². The first-order valence-corrected chi connectivity index (χ1v) is 2.21. The van der Waals surface area contributed by atoms with Crippen molar-refractivity contribution in [1.29, 1.82) is 0 Å². The van der Waals surface area contributed by atoms with E-state index >= 15 is 0 Å². The molecule has 0 aromatic rings. The van der Waals surface area contributed by atoms with Crippen LogP contribution in [0, 0.1) is 0 Å². The number of aliphatic hydroxyl groups excluding tert-OH is 1. The molecule has 0 unspecified atom stereocenters. The minimum absolute atomic E-state index is 0. The number of rotatable bonds is 4. The van der Waals surface area contributed by atoms with Crippen LogP contribution >= 0.6 is 0 Å². The molecular weight excluding hydrogens is 301 g/mol. The molecule has 0 heterocycles. The Morgan fingerprint density at radius 3 is 2.62 bits per heavy atom. The standard InChI is InChI=1S/C5H10O2.Po.2H/c1-2-4-7-5-3-6;;;/h2,6H,1,3-5H2;;;. The van der Waals surface area contributed by atoms with Gasteiger partial charge in [0.05, 0.1) is 19.8 Å². The third kappa shape index (κ3) is 9.75. The summed E-state index contributed by atoms with van der Waals surface area (Å²) in [7, 11) is 0. The van der Waals surface area contributed by atoms with Crippen molar-refractivity contribution in [2.45, 2.75) is 0 Å². The van der Waals surface area contributed by atoms with Crippen molar-refractivity contribution in [1.82, 2.24) is 0 Å². The molecular formula is C5H12O2Po. The molecule has 0 radical (unpaired) electrons. The third-order valence-electron chi connectivity index (χ3n) is 0.471. The second-order valence-electron chi connectivity index (χ2n) is 1.09. The zero-order valence-electron chi connectivity index (χ0n) is 4.76. The van der Waals surface area contributed by atoms with Crippen molar-refractivity contribution >= 4 is 26.6 Å². The topological polar surface area (TPSA) is 29.5 Å². The van der Waals surface area contributed by atoms with Crippen molar-refractivity contribution in [3.05, 3.63) is 12.7 Å². The zero-order valence-corrected chi connectivity index (χ0v) is 8.65. The van der Waals surface area contributed by atoms with Crippen molar-refractivity contribution in [2.75, 3.05) is 19.8 Å². The van der Waals surface area contributed by atoms with E-state index in [2.05, 4.69) is 6.58 Å². The van der Waals surface area contributed by atoms with E-state index in [4.69, 9.17) is 9.84 Å². The fourth-order valence-corrected chi connectivity index (χ4v) is 0.231. The molecule has 3 heteroatoms. The monoisotopic (exact) mass is 313 g/mol. The molecule has 0 saturated heterocycles. The van der Waals surface area contributed by atoms with Crippen LogP contribution in [0.1, 0.15) is 0 Å². The fraction of sp³-hybridized carbons (Fsp3) is 0.600. The van der Waals surface area contributed by atoms with E-state index < -0.39 is 0 Å². The van der Waals surface area contributed by atoms with Gasteiger partial charge in [0.15, 0.2) is 0 Å². The minimum atomic E-state index is 0. The number of hydrogen-bond donors (Lipinski definition) is 1. The number of ether oxygens (including phenoxy) is 1. The molecule has 0 aliphatic carbocycles. The second-order valence-corrected chi connectivity index (χ2v) is 1.09. The van der Waals surface area contributed by atoms with Crippen LogP contribution in [-0.4, -0.2) is 51.5 Å². The normalized spacial score (nSPS) is 7.62. The molecule has 0 aliphatic rings. The maximum atomic E-state index is 8.13. The summed E-state index contributed by atoms with van der Waals surface area (Å²) in [4.78, 5) is 0. The summed E-state index contributed by atoms with van der Waals surface area (Å²) in [5.41, 5.74) is 0. The average molecular weight is 313 g/mol. The van der Waals surface area contributed by atoms with E-state index in [1.54, 1.807) is 6.08 Å². The summed E-state index contributed by atoms with van der Waals surface area (Å²) in [6.07, 6.45) is 1.65. The molecule has 0 saturated carbocycles. The van der Waals surface area contributed by atoms with E-state index in [0.717, 1.165) is 0 Å². The van der Waals surface area contributed by atoms with Gasteiger partial charge in [0.2, 0.25) is 0 Å². The molecule has 0 fully saturated rings. The van der Waals surface area contributed by atoms with Crippen LogP contribution in [0.2, 0.25) is 0 Å². The maximum absolute atomic E-state index is 8.13. The molecule has 0 atom stereocenters. The summed E-state index contributed by atoms with van der Waals surface area (Å²) < 4.78 is 4.76. The second kappa shape index (κ2) is 10.5. The van der Waals surface area contributed by atoms with Gasteiger partial charge in [-0.25, -0.2) is 0 Å². The molecule has 0 spiro atoms. The van der Waals surface area contributed by atoms with E-state index in [9.17, 15) is 0 Å². The Balaban J connectivity index is 0. The third-order valence-corrected chi connectivity index (χ3v) is 0.471. The van der Waals surface area contributed by atoms with E-state index in [-0.39, 0.29) is 33.2 Å². The summed E-state index contributed by atoms with van der Waals surface area (Å²) in [6.45, 7) is 4.45. The van der Waals surface area contributed by atoms with Crippen molar-refractivity contribution in [2.24, 2.45) is 0 Å². The van der Waals surface area contributed by atoms with Gasteiger partial charge in [-0.1, -0.05) is 6.08 Å². The first kappa shape index (κ1) is 11.4. The van der Waals surface area contributed by atoms with Crippen LogP contribution in [-0.2, 0) is 4.74 Å². The van der Waals surface area contributed by atoms with Crippen LogP contribution in [0.25, 0.3) is 0 Å². The fourth-order valence-electron chi connectivity index (χ4n) is 0.231. The van der Waals surface area contributed by atoms with E-state index in [0.29, 0.717) is 13.2 Å². The number of hydrogen-bond acceptors (Lipinski definition) is 2. The summed E-state index contributed by atoms with van der Waals surface area (Å²) in [5.74, 6) is 0. The first-order chi connectivity index (χ1) is 3.41. The SMILES string of the molecule is C=CCOCCO.[PoH2]. The quantitative estimate of drug-likeness (QED) is 0.548. The molecule has 1 N–H and O–H groups in total. The zero-order chi connectivity index (χ0) is 5.54. The van der Waals surface area contributed by atoms with Crippen molar-refractivity contribution in [3.63, 3.8) is 0 Å². The van der Waals surface area contributed by atoms with Crippen molar-refractivity contribution in [3.8, 4) is 0 Å². The molecule has 0 bridgehead atoms. The molecule has 2 nitrogen and oxygen atoms in total. The first-order valence-electron chi connectivity index (χ1n) is 2.21. The van der Waals surface area contributed by atoms with Crippen LogP contribution in [0.3, 0.4) is 0 Å². The van der Waals surface area contributed by atoms with Crippen LogP contribution in [0.15, 0.2) is 12.7 Å². The Labute approximate surface area is 69.0 Å². The van der Waals surface area contributed by atoms with Crippen LogP contribution < -0.4 is 0 Å². The molecule has 0 aliphatic heterocycles. The van der Waals surface area contributed by atoms with Gasteiger partial charge in [0.1, 0.15) is 0 Å². The summed E-state index contributed by atoms with van der Waals surface area (Å²) in [6, 6.07) is 0. The molecule has 0 rings (SSSR count). The van der Waals surface area contributed by atoms with E-state index in [1.807, 2.05) is 0 Å². The van der Waals surface area contributed by atoms with Gasteiger partial charge in [0, 0.05) is 0 Å². The average Bonchev–Trinajstić information content (AvgIpc) is 1.69. The summed E-state index contributed by atoms with van der Waals surface area (Å²) >= 11 is 0. The van der Waals surface area contributed by atoms with Gasteiger partial charge in [-0.3, -0.25) is 0 Å². The predicted molar refractivity (Wildman–Crippen MR) is 36.6 cm³/mol. The van der Waals surface area contributed by atoms with Crippen LogP contribution in [0.4, 0.5) is 0 Å². The van der Waals surface area contributed by atoms with Gasteiger partial charge < -0.3 is 9.84 Å². The van der Waals surface area contributed by atoms with E-state index in [1.165, 1.54) is 0 Å². The van der Waals surface area contributed by atoms with Crippen molar-refractivity contribution < 1.29 is 9.84 Å². The molecule has 0 amide bonds. The molecule has 50 valence electrons. The molecule has 0 aromatic carbocycles. The predicted octanol–water partition coefficient (Wildman–Crippen LogP) is -0.735. The Bertz CT molecular complexity index is 47.7. The number of aliphatic hydroxyl groups is 1. The summed E-state index contributed by atoms with van der Waals surface area (Å²) in [5, 5.41) is 8.13. The van der Waals surface area contributed by atoms with Gasteiger partial charge in [-0.2, -0.15) is 0 Å². The van der Waals surface area contributed by atoms with Gasteiger partial charge in [-0.15, -0.1) is 6.58 Å². The Kier molecular flexibility index (Phi) is 14.9. The van der Waals surface area contributed by atoms with Crippen LogP contribution in [0.5, 0.6) is 0 Å². The Morgan fingerprint density at radius 2 is 2.25 bits per heavy atom. The molecule has 0 aromatic heterocycles. The molecule has 8 heavy (non-hydrogen) atoms.